The molecule has 17 nitrogen and oxygen atoms in total. The zero-order valence-electron chi connectivity index (χ0n) is 66.6. The molecule has 0 radical (unpaired) electrons. The highest BCUT2D eigenvalue weighted by Crippen LogP contribution is 2.45. The lowest BCUT2D eigenvalue weighted by Gasteiger charge is -2.21. The molecule has 0 aliphatic carbocycles. The van der Waals surface area contributed by atoms with Crippen LogP contribution in [0.2, 0.25) is 0 Å². The Balaban J connectivity index is 5.40. The molecule has 0 saturated heterocycles. The molecule has 0 saturated carbocycles. The van der Waals surface area contributed by atoms with Gasteiger partial charge in [0.1, 0.15) is 19.3 Å². The van der Waals surface area contributed by atoms with Crippen molar-refractivity contribution in [2.24, 2.45) is 0 Å². The van der Waals surface area contributed by atoms with E-state index in [1.165, 1.54) is 70.6 Å². The highest BCUT2D eigenvalue weighted by atomic mass is 31.2. The molecule has 0 aromatic heterocycles. The number of esters is 4. The van der Waals surface area contributed by atoms with Gasteiger partial charge in [0, 0.05) is 25.7 Å². The van der Waals surface area contributed by atoms with Gasteiger partial charge in [-0.1, -0.05) is 303 Å². The van der Waals surface area contributed by atoms with E-state index >= 15 is 0 Å². The van der Waals surface area contributed by atoms with Crippen molar-refractivity contribution in [1.29, 1.82) is 0 Å². The Morgan fingerprint density at radius 1 is 0.274 bits per heavy atom. The van der Waals surface area contributed by atoms with Crippen LogP contribution < -0.4 is 0 Å². The average Bonchev–Trinajstić information content (AvgIpc) is 0.902. The summed E-state index contributed by atoms with van der Waals surface area (Å²) in [5.74, 6) is -2.23. The highest BCUT2D eigenvalue weighted by Gasteiger charge is 2.30. The van der Waals surface area contributed by atoms with E-state index in [0.717, 1.165) is 186 Å². The number of allylic oxidation sites excluding steroid dienone is 22. The molecule has 0 fully saturated rings. The van der Waals surface area contributed by atoms with Crippen molar-refractivity contribution in [3.63, 3.8) is 0 Å². The molecular formula is C87H148O17P2. The summed E-state index contributed by atoms with van der Waals surface area (Å²) >= 11 is 0. The van der Waals surface area contributed by atoms with Gasteiger partial charge in [-0.05, 0) is 141 Å². The summed E-state index contributed by atoms with van der Waals surface area (Å²) in [4.78, 5) is 73.1. The molecule has 5 atom stereocenters. The third kappa shape index (κ3) is 77.4. The van der Waals surface area contributed by atoms with Crippen LogP contribution in [0.5, 0.6) is 0 Å². The van der Waals surface area contributed by atoms with E-state index in [1.54, 1.807) is 0 Å². The number of carbonyl (C=O) groups excluding carboxylic acids is 4. The van der Waals surface area contributed by atoms with E-state index in [2.05, 4.69) is 161 Å². The summed E-state index contributed by atoms with van der Waals surface area (Å²) in [7, 11) is -9.98. The van der Waals surface area contributed by atoms with Crippen LogP contribution in [0, 0.1) is 0 Å². The van der Waals surface area contributed by atoms with Crippen LogP contribution >= 0.6 is 15.6 Å². The molecule has 19 heteroatoms. The first-order chi connectivity index (χ1) is 51.7. The standard InChI is InChI=1S/C87H148O17P2/c1-5-9-13-17-21-25-29-33-36-39-40-43-45-49-52-56-60-64-68-72-85(90)97-77-82(103-86(91)73-69-65-61-57-53-47-32-28-24-20-16-12-8-4)79-101-105(93,94)99-75-81(88)76-100-106(95,96)102-80-83(104-87(92)74-70-66-62-58-54-50-46-42-38-35-31-27-23-19-15-11-7-3)78-98-84(89)71-67-63-59-55-51-48-44-41-37-34-30-26-22-18-14-10-6-2/h10-11,14-15,21-23,25-27,33-38,40,43-44,46,48,50,81-83,88H,5-9,12-13,16-20,24,28-32,39,41-42,45,47,49,51-80H2,1-4H3,(H,93,94)(H,95,96)/b14-10-,15-11-,25-21-,26-22-,27-23-,36-33-,37-34-,38-35-,43-40-,48-44-,50-46-. The first-order valence-corrected chi connectivity index (χ1v) is 44.4. The molecule has 0 spiro atoms. The predicted octanol–water partition coefficient (Wildman–Crippen LogP) is 24.4. The van der Waals surface area contributed by atoms with Crippen molar-refractivity contribution in [3.05, 3.63) is 134 Å². The molecule has 0 amide bonds. The predicted molar refractivity (Wildman–Crippen MR) is 436 cm³/mol. The van der Waals surface area contributed by atoms with Gasteiger partial charge in [0.15, 0.2) is 12.2 Å². The monoisotopic (exact) mass is 1530 g/mol. The summed E-state index contributed by atoms with van der Waals surface area (Å²) in [6.07, 6.45) is 88.4. The minimum absolute atomic E-state index is 0.0581. The number of ether oxygens (including phenoxy) is 4. The van der Waals surface area contributed by atoms with Gasteiger partial charge in [-0.25, -0.2) is 9.13 Å². The van der Waals surface area contributed by atoms with E-state index in [4.69, 9.17) is 37.0 Å². The minimum atomic E-state index is -5.00. The van der Waals surface area contributed by atoms with Gasteiger partial charge in [0.05, 0.1) is 26.4 Å². The quantitative estimate of drug-likeness (QED) is 0.0169. The number of carbonyl (C=O) groups is 4. The largest absolute Gasteiger partial charge is 0.472 e. The van der Waals surface area contributed by atoms with Crippen molar-refractivity contribution in [3.8, 4) is 0 Å². The molecule has 3 N–H and O–H groups in total. The third-order valence-electron chi connectivity index (χ3n) is 17.1. The molecule has 0 rings (SSSR count). The van der Waals surface area contributed by atoms with Crippen molar-refractivity contribution in [1.82, 2.24) is 0 Å². The number of phosphoric acid groups is 2. The summed E-state index contributed by atoms with van der Waals surface area (Å²) in [5.41, 5.74) is 0. The number of hydrogen-bond acceptors (Lipinski definition) is 15. The maximum Gasteiger partial charge on any atom is 0.472 e. The second-order valence-electron chi connectivity index (χ2n) is 27.3. The number of aliphatic hydroxyl groups excluding tert-OH is 1. The lowest BCUT2D eigenvalue weighted by Crippen LogP contribution is -2.30. The molecule has 0 aliphatic heterocycles. The van der Waals surface area contributed by atoms with Gasteiger partial charge < -0.3 is 33.8 Å². The van der Waals surface area contributed by atoms with Gasteiger partial charge in [0.25, 0.3) is 0 Å². The van der Waals surface area contributed by atoms with E-state index in [1.807, 2.05) is 0 Å². The molecule has 0 aliphatic rings. The van der Waals surface area contributed by atoms with Crippen molar-refractivity contribution in [2.45, 2.75) is 354 Å². The lowest BCUT2D eigenvalue weighted by atomic mass is 10.0. The van der Waals surface area contributed by atoms with Crippen LogP contribution in [0.15, 0.2) is 134 Å². The van der Waals surface area contributed by atoms with Gasteiger partial charge in [-0.15, -0.1) is 0 Å². The maximum absolute atomic E-state index is 13.1. The first kappa shape index (κ1) is 101. The molecule has 0 bridgehead atoms. The Kier molecular flexibility index (Phi) is 74.8. The van der Waals surface area contributed by atoms with Crippen LogP contribution in [-0.4, -0.2) is 96.7 Å². The summed E-state index contributed by atoms with van der Waals surface area (Å²) in [6, 6.07) is 0. The topological polar surface area (TPSA) is 237 Å². The van der Waals surface area contributed by atoms with Crippen molar-refractivity contribution < 1.29 is 80.2 Å². The number of aliphatic hydroxyl groups is 1. The molecule has 608 valence electrons. The third-order valence-corrected chi connectivity index (χ3v) is 19.0. The number of unbranched alkanes of at least 4 members (excludes halogenated alkanes) is 29. The summed E-state index contributed by atoms with van der Waals surface area (Å²) < 4.78 is 68.7. The van der Waals surface area contributed by atoms with E-state index < -0.39 is 97.5 Å². The summed E-state index contributed by atoms with van der Waals surface area (Å²) in [6.45, 7) is 4.58. The Bertz CT molecular complexity index is 2530. The van der Waals surface area contributed by atoms with E-state index in [9.17, 15) is 43.2 Å². The second kappa shape index (κ2) is 78.3. The lowest BCUT2D eigenvalue weighted by molar-refractivity contribution is -0.161. The van der Waals surface area contributed by atoms with Crippen LogP contribution in [0.4, 0.5) is 0 Å². The van der Waals surface area contributed by atoms with Crippen LogP contribution in [0.1, 0.15) is 336 Å². The summed E-state index contributed by atoms with van der Waals surface area (Å²) in [5, 5.41) is 10.7. The highest BCUT2D eigenvalue weighted by molar-refractivity contribution is 7.47. The van der Waals surface area contributed by atoms with Crippen molar-refractivity contribution >= 4 is 39.5 Å². The van der Waals surface area contributed by atoms with E-state index in [-0.39, 0.29) is 25.7 Å². The van der Waals surface area contributed by atoms with Gasteiger partial charge in [-0.2, -0.15) is 0 Å². The maximum atomic E-state index is 13.1. The first-order valence-electron chi connectivity index (χ1n) is 41.4. The number of rotatable bonds is 77. The minimum Gasteiger partial charge on any atom is -0.462 e. The molecule has 0 aromatic carbocycles. The Hall–Kier alpha value is -4.80. The normalized spacial score (nSPS) is 14.5. The van der Waals surface area contributed by atoms with Crippen LogP contribution in [0.3, 0.4) is 0 Å². The second-order valence-corrected chi connectivity index (χ2v) is 30.2. The van der Waals surface area contributed by atoms with Crippen LogP contribution in [-0.2, 0) is 65.4 Å². The zero-order chi connectivity index (χ0) is 77.4. The fourth-order valence-electron chi connectivity index (χ4n) is 10.9. The van der Waals surface area contributed by atoms with Gasteiger partial charge >= 0.3 is 39.5 Å². The number of hydrogen-bond donors (Lipinski definition) is 3. The molecule has 106 heavy (non-hydrogen) atoms. The van der Waals surface area contributed by atoms with Crippen molar-refractivity contribution in [2.75, 3.05) is 39.6 Å². The Morgan fingerprint density at radius 2 is 0.491 bits per heavy atom. The Labute approximate surface area is 644 Å². The fourth-order valence-corrected chi connectivity index (χ4v) is 12.4. The molecule has 5 unspecified atom stereocenters. The molecular weight excluding hydrogens is 1380 g/mol. The van der Waals surface area contributed by atoms with Gasteiger partial charge in [-0.3, -0.25) is 37.3 Å². The smallest absolute Gasteiger partial charge is 0.462 e. The van der Waals surface area contributed by atoms with Crippen LogP contribution in [0.25, 0.3) is 0 Å². The average molecular weight is 1530 g/mol. The zero-order valence-corrected chi connectivity index (χ0v) is 68.4. The molecule has 0 heterocycles. The Morgan fingerprint density at radius 3 is 0.774 bits per heavy atom. The number of phosphoric ester groups is 2. The SMILES string of the molecule is CC/C=C\C/C=C\C/C=C\C/C=C\CCCCCCC(=O)OCC(COP(=O)(O)OCC(O)COP(=O)(O)OCC(COC(=O)CCCCCCCC/C=C\C/C=C\C/C=C\CCCCC)OC(=O)CCCCCCCCCCCCCCC)OC(=O)CCCCCC/C=C\C/C=C\C/C=C\C/C=C\CC. The fraction of sp³-hybridized carbons (Fsp3) is 0.701. The van der Waals surface area contributed by atoms with Gasteiger partial charge in [0.2, 0.25) is 0 Å². The van der Waals surface area contributed by atoms with E-state index in [0.29, 0.717) is 25.7 Å². The molecule has 0 aromatic rings.